The molecule has 2 nitrogen and oxygen atoms in total. The number of hydrogen-bond donors (Lipinski definition) is 1. The van der Waals surface area contributed by atoms with Crippen molar-refractivity contribution < 1.29 is 13.5 Å². The molecule has 0 spiro atoms. The number of benzene rings is 2. The van der Waals surface area contributed by atoms with Gasteiger partial charge in [0.2, 0.25) is 0 Å². The molecule has 0 fully saturated rings. The van der Waals surface area contributed by atoms with Crippen molar-refractivity contribution in [1.29, 1.82) is 0 Å². The molecule has 0 saturated heterocycles. The lowest BCUT2D eigenvalue weighted by molar-refractivity contribution is 0.433. The van der Waals surface area contributed by atoms with Crippen LogP contribution in [0.15, 0.2) is 40.9 Å². The van der Waals surface area contributed by atoms with Crippen molar-refractivity contribution in [3.8, 4) is 11.5 Å². The Morgan fingerprint density at radius 1 is 1.11 bits per heavy atom. The molecule has 0 amide bonds. The van der Waals surface area contributed by atoms with Crippen molar-refractivity contribution >= 4 is 15.9 Å². The van der Waals surface area contributed by atoms with Gasteiger partial charge in [0.1, 0.15) is 11.6 Å². The van der Waals surface area contributed by atoms with Gasteiger partial charge in [0, 0.05) is 16.1 Å². The van der Waals surface area contributed by atoms with Crippen molar-refractivity contribution in [1.82, 2.24) is 0 Å². The molecular weight excluding hydrogens is 316 g/mol. The van der Waals surface area contributed by atoms with Gasteiger partial charge in [-0.15, -0.1) is 0 Å². The van der Waals surface area contributed by atoms with E-state index in [1.54, 1.807) is 13.0 Å². The highest BCUT2D eigenvalue weighted by Crippen LogP contribution is 2.31. The summed E-state index contributed by atoms with van der Waals surface area (Å²) in [7, 11) is 0. The van der Waals surface area contributed by atoms with E-state index in [9.17, 15) is 8.78 Å². The van der Waals surface area contributed by atoms with Crippen molar-refractivity contribution in [2.75, 3.05) is 0 Å². The van der Waals surface area contributed by atoms with Gasteiger partial charge in [-0.1, -0.05) is 15.9 Å². The Labute approximate surface area is 118 Å². The van der Waals surface area contributed by atoms with E-state index in [4.69, 9.17) is 10.5 Å². The third kappa shape index (κ3) is 3.30. The molecule has 2 rings (SSSR count). The number of rotatable bonds is 3. The number of ether oxygens (including phenoxy) is 1. The van der Waals surface area contributed by atoms with Crippen molar-refractivity contribution in [2.24, 2.45) is 5.73 Å². The molecule has 0 aromatic heterocycles. The molecule has 0 aliphatic rings. The first kappa shape index (κ1) is 14.0. The summed E-state index contributed by atoms with van der Waals surface area (Å²) in [5.74, 6) is -0.500. The first-order chi connectivity index (χ1) is 8.97. The molecule has 0 aliphatic carbocycles. The Morgan fingerprint density at radius 3 is 2.42 bits per heavy atom. The zero-order valence-electron chi connectivity index (χ0n) is 10.2. The summed E-state index contributed by atoms with van der Waals surface area (Å²) in [6.07, 6.45) is 0. The van der Waals surface area contributed by atoms with Crippen LogP contribution >= 0.6 is 15.9 Å². The minimum atomic E-state index is -0.505. The van der Waals surface area contributed by atoms with E-state index in [0.717, 1.165) is 0 Å². The van der Waals surface area contributed by atoms with Crippen LogP contribution in [0.1, 0.15) is 18.5 Å². The third-order valence-corrected chi connectivity index (χ3v) is 3.07. The van der Waals surface area contributed by atoms with E-state index in [2.05, 4.69) is 15.9 Å². The van der Waals surface area contributed by atoms with Crippen LogP contribution in [0.2, 0.25) is 0 Å². The Bertz CT molecular complexity index is 602. The summed E-state index contributed by atoms with van der Waals surface area (Å²) < 4.78 is 33.0. The topological polar surface area (TPSA) is 35.2 Å². The largest absolute Gasteiger partial charge is 0.454 e. The average molecular weight is 328 g/mol. The standard InChI is InChI=1S/C14H12BrF2NO/c1-8(18)11-7-10(16)3-5-13(11)19-14-4-2-9(15)6-12(14)17/h2-8H,18H2,1H3/t8-/m1/s1. The first-order valence-corrected chi connectivity index (χ1v) is 6.44. The molecule has 0 bridgehead atoms. The van der Waals surface area contributed by atoms with E-state index in [0.29, 0.717) is 15.8 Å². The second-order valence-electron chi connectivity index (χ2n) is 4.15. The van der Waals surface area contributed by atoms with Crippen LogP contribution in [0, 0.1) is 11.6 Å². The van der Waals surface area contributed by atoms with Crippen LogP contribution in [-0.4, -0.2) is 0 Å². The lowest BCUT2D eigenvalue weighted by atomic mass is 10.1. The molecule has 2 aromatic rings. The third-order valence-electron chi connectivity index (χ3n) is 2.58. The highest BCUT2D eigenvalue weighted by molar-refractivity contribution is 9.10. The quantitative estimate of drug-likeness (QED) is 0.898. The fourth-order valence-electron chi connectivity index (χ4n) is 1.64. The summed E-state index contributed by atoms with van der Waals surface area (Å²) in [4.78, 5) is 0. The van der Waals surface area contributed by atoms with Gasteiger partial charge in [0.05, 0.1) is 0 Å². The van der Waals surface area contributed by atoms with E-state index >= 15 is 0 Å². The first-order valence-electron chi connectivity index (χ1n) is 5.65. The number of nitrogens with two attached hydrogens (primary N) is 1. The zero-order chi connectivity index (χ0) is 14.0. The van der Waals surface area contributed by atoms with Crippen LogP contribution in [0.25, 0.3) is 0 Å². The maximum atomic E-state index is 13.7. The van der Waals surface area contributed by atoms with E-state index in [-0.39, 0.29) is 5.75 Å². The molecule has 0 aliphatic heterocycles. The van der Waals surface area contributed by atoms with Gasteiger partial charge >= 0.3 is 0 Å². The van der Waals surface area contributed by atoms with Crippen LogP contribution in [-0.2, 0) is 0 Å². The maximum Gasteiger partial charge on any atom is 0.166 e. The van der Waals surface area contributed by atoms with E-state index < -0.39 is 17.7 Å². The molecule has 2 N–H and O–H groups in total. The smallest absolute Gasteiger partial charge is 0.166 e. The molecule has 0 heterocycles. The normalized spacial score (nSPS) is 12.3. The Morgan fingerprint density at radius 2 is 1.79 bits per heavy atom. The Kier molecular flexibility index (Phi) is 4.17. The van der Waals surface area contributed by atoms with Crippen LogP contribution in [0.4, 0.5) is 8.78 Å². The van der Waals surface area contributed by atoms with Crippen molar-refractivity contribution in [3.63, 3.8) is 0 Å². The minimum Gasteiger partial charge on any atom is -0.454 e. The molecule has 1 atom stereocenters. The molecule has 0 saturated carbocycles. The Hall–Kier alpha value is -1.46. The van der Waals surface area contributed by atoms with Gasteiger partial charge in [-0.05, 0) is 43.3 Å². The fraction of sp³-hybridized carbons (Fsp3) is 0.143. The van der Waals surface area contributed by atoms with Gasteiger partial charge < -0.3 is 10.5 Å². The summed E-state index contributed by atoms with van der Waals surface area (Å²) in [6, 6.07) is 8.01. The van der Waals surface area contributed by atoms with Gasteiger partial charge in [0.25, 0.3) is 0 Å². The van der Waals surface area contributed by atoms with Gasteiger partial charge in [0.15, 0.2) is 11.6 Å². The summed E-state index contributed by atoms with van der Waals surface area (Å²) >= 11 is 3.16. The highest BCUT2D eigenvalue weighted by Gasteiger charge is 2.12. The number of hydrogen-bond acceptors (Lipinski definition) is 2. The fourth-order valence-corrected chi connectivity index (χ4v) is 1.98. The van der Waals surface area contributed by atoms with Gasteiger partial charge in [-0.2, -0.15) is 0 Å². The summed E-state index contributed by atoms with van der Waals surface area (Å²) in [5.41, 5.74) is 6.24. The molecular formula is C14H12BrF2NO. The summed E-state index contributed by atoms with van der Waals surface area (Å²) in [5, 5.41) is 0. The van der Waals surface area contributed by atoms with E-state index in [1.807, 2.05) is 0 Å². The predicted octanol–water partition coefficient (Wildman–Crippen LogP) is 4.54. The predicted molar refractivity (Wildman–Crippen MR) is 73.2 cm³/mol. The molecule has 19 heavy (non-hydrogen) atoms. The van der Waals surface area contributed by atoms with Gasteiger partial charge in [-0.3, -0.25) is 0 Å². The van der Waals surface area contributed by atoms with Gasteiger partial charge in [-0.25, -0.2) is 8.78 Å². The Balaban J connectivity index is 2.38. The molecule has 0 unspecified atom stereocenters. The lowest BCUT2D eigenvalue weighted by Gasteiger charge is -2.14. The van der Waals surface area contributed by atoms with Crippen LogP contribution in [0.5, 0.6) is 11.5 Å². The second kappa shape index (κ2) is 5.67. The average Bonchev–Trinajstić information content (AvgIpc) is 2.34. The van der Waals surface area contributed by atoms with Crippen LogP contribution < -0.4 is 10.5 Å². The molecule has 2 aromatic carbocycles. The SMILES string of the molecule is C[C@@H](N)c1cc(F)ccc1Oc1ccc(Br)cc1F. The van der Waals surface area contributed by atoms with Crippen molar-refractivity contribution in [2.45, 2.75) is 13.0 Å². The zero-order valence-corrected chi connectivity index (χ0v) is 11.7. The van der Waals surface area contributed by atoms with E-state index in [1.165, 1.54) is 30.3 Å². The molecule has 0 radical (unpaired) electrons. The molecule has 100 valence electrons. The van der Waals surface area contributed by atoms with Crippen LogP contribution in [0.3, 0.4) is 0 Å². The second-order valence-corrected chi connectivity index (χ2v) is 5.06. The summed E-state index contributed by atoms with van der Waals surface area (Å²) in [6.45, 7) is 1.71. The molecule has 5 heteroatoms. The number of halogens is 3. The monoisotopic (exact) mass is 327 g/mol. The highest BCUT2D eigenvalue weighted by atomic mass is 79.9. The lowest BCUT2D eigenvalue weighted by Crippen LogP contribution is -2.07. The maximum absolute atomic E-state index is 13.7. The minimum absolute atomic E-state index is 0.0664. The van der Waals surface area contributed by atoms with Crippen molar-refractivity contribution in [3.05, 3.63) is 58.1 Å².